The molecule has 13 heavy (non-hydrogen) atoms. The molecule has 1 rings (SSSR count). The van der Waals surface area contributed by atoms with Crippen molar-refractivity contribution in [1.29, 1.82) is 0 Å². The highest BCUT2D eigenvalue weighted by Crippen LogP contribution is 2.30. The number of aliphatic hydroxyl groups excluding tert-OH is 3. The van der Waals surface area contributed by atoms with Crippen LogP contribution in [0.15, 0.2) is 0 Å². The van der Waals surface area contributed by atoms with E-state index in [1.165, 1.54) is 0 Å². The van der Waals surface area contributed by atoms with E-state index in [9.17, 15) is 10.2 Å². The first-order valence-electron chi connectivity index (χ1n) is 3.69. The molecular weight excluding hydrogens is 184 g/mol. The molecule has 1 saturated heterocycles. The Hall–Kier alpha value is -0.280. The van der Waals surface area contributed by atoms with Gasteiger partial charge >= 0.3 is 0 Å². The zero-order chi connectivity index (χ0) is 10.1. The molecule has 5 N–H and O–H groups in total. The van der Waals surface area contributed by atoms with Crippen molar-refractivity contribution in [3.8, 4) is 0 Å². The van der Waals surface area contributed by atoms with Gasteiger partial charge in [0.25, 0.3) is 0 Å². The Balaban J connectivity index is 2.76. The highest BCUT2D eigenvalue weighted by atomic mass is 17.1. The first-order chi connectivity index (χ1) is 6.09. The molecule has 0 aliphatic carbocycles. The monoisotopic (exact) mass is 196 g/mol. The topological polar surface area (TPSA) is 120 Å². The van der Waals surface area contributed by atoms with Gasteiger partial charge in [-0.05, 0) is 0 Å². The Morgan fingerprint density at radius 1 is 1.38 bits per heavy atom. The zero-order valence-corrected chi connectivity index (χ0v) is 6.70. The van der Waals surface area contributed by atoms with Gasteiger partial charge in [0.1, 0.15) is 12.2 Å². The summed E-state index contributed by atoms with van der Waals surface area (Å²) in [6, 6.07) is 0. The minimum Gasteiger partial charge on any atom is -0.394 e. The van der Waals surface area contributed by atoms with Gasteiger partial charge in [0.15, 0.2) is 6.10 Å². The lowest BCUT2D eigenvalue weighted by Gasteiger charge is -2.22. The average Bonchev–Trinajstić information content (AvgIpc) is 2.40. The van der Waals surface area contributed by atoms with Crippen LogP contribution in [0.25, 0.3) is 0 Å². The molecule has 4 atom stereocenters. The van der Waals surface area contributed by atoms with Crippen LogP contribution in [-0.4, -0.2) is 63.0 Å². The summed E-state index contributed by atoms with van der Waals surface area (Å²) in [6.07, 6.45) is -3.96. The van der Waals surface area contributed by atoms with Crippen molar-refractivity contribution in [2.45, 2.75) is 24.1 Å². The van der Waals surface area contributed by atoms with Gasteiger partial charge < -0.3 is 25.2 Å². The molecule has 78 valence electrons. The van der Waals surface area contributed by atoms with Gasteiger partial charge in [-0.15, -0.1) is 0 Å². The molecule has 0 amide bonds. The predicted octanol–water partition coefficient (Wildman–Crippen LogP) is -2.72. The fraction of sp³-hybridized carbons (Fsp3) is 1.00. The fourth-order valence-corrected chi connectivity index (χ4v) is 1.26. The standard InChI is InChI=1S/C6H12O7/c7-1-3-4(13-11)5(9)6(10,2-8)12-3/h3-5,7-11H,1-2H2/t3-,4-,5+,6-/m1/s1. The summed E-state index contributed by atoms with van der Waals surface area (Å²) < 4.78 is 4.68. The third kappa shape index (κ3) is 1.67. The quantitative estimate of drug-likeness (QED) is 0.245. The number of hydrogen-bond acceptors (Lipinski definition) is 7. The third-order valence-corrected chi connectivity index (χ3v) is 2.02. The van der Waals surface area contributed by atoms with Gasteiger partial charge in [0.05, 0.1) is 13.2 Å². The van der Waals surface area contributed by atoms with Crippen LogP contribution in [0.1, 0.15) is 0 Å². The van der Waals surface area contributed by atoms with Crippen LogP contribution in [0.2, 0.25) is 0 Å². The summed E-state index contributed by atoms with van der Waals surface area (Å²) in [5, 5.41) is 44.3. The zero-order valence-electron chi connectivity index (χ0n) is 6.70. The second kappa shape index (κ2) is 3.84. The smallest absolute Gasteiger partial charge is 0.219 e. The Morgan fingerprint density at radius 2 is 2.00 bits per heavy atom. The van der Waals surface area contributed by atoms with Crippen molar-refractivity contribution in [2.24, 2.45) is 0 Å². The minimum atomic E-state index is -2.19. The van der Waals surface area contributed by atoms with Gasteiger partial charge in [-0.2, -0.15) is 0 Å². The van der Waals surface area contributed by atoms with E-state index in [1.54, 1.807) is 0 Å². The van der Waals surface area contributed by atoms with Gasteiger partial charge in [-0.25, -0.2) is 4.89 Å². The van der Waals surface area contributed by atoms with Gasteiger partial charge in [0.2, 0.25) is 5.79 Å². The van der Waals surface area contributed by atoms with E-state index < -0.39 is 37.3 Å². The molecule has 0 aromatic heterocycles. The minimum absolute atomic E-state index is 0.551. The van der Waals surface area contributed by atoms with Crippen molar-refractivity contribution in [3.63, 3.8) is 0 Å². The third-order valence-electron chi connectivity index (χ3n) is 2.02. The lowest BCUT2D eigenvalue weighted by Crippen LogP contribution is -2.46. The van der Waals surface area contributed by atoms with Crippen LogP contribution < -0.4 is 0 Å². The van der Waals surface area contributed by atoms with Crippen LogP contribution in [0, 0.1) is 0 Å². The van der Waals surface area contributed by atoms with Crippen molar-refractivity contribution in [1.82, 2.24) is 0 Å². The molecule has 1 aliphatic heterocycles. The molecule has 0 aromatic carbocycles. The summed E-state index contributed by atoms with van der Waals surface area (Å²) in [5.74, 6) is -2.19. The lowest BCUT2D eigenvalue weighted by molar-refractivity contribution is -0.302. The Labute approximate surface area is 73.7 Å². The predicted molar refractivity (Wildman–Crippen MR) is 37.5 cm³/mol. The van der Waals surface area contributed by atoms with Gasteiger partial charge in [0, 0.05) is 0 Å². The van der Waals surface area contributed by atoms with E-state index in [0.29, 0.717) is 0 Å². The van der Waals surface area contributed by atoms with Crippen LogP contribution in [0.5, 0.6) is 0 Å². The van der Waals surface area contributed by atoms with E-state index in [-0.39, 0.29) is 0 Å². The Bertz CT molecular complexity index is 174. The number of aliphatic hydroxyl groups is 4. The largest absolute Gasteiger partial charge is 0.394 e. The maximum Gasteiger partial charge on any atom is 0.219 e. The molecule has 0 radical (unpaired) electrons. The maximum absolute atomic E-state index is 9.35. The van der Waals surface area contributed by atoms with E-state index >= 15 is 0 Å². The summed E-state index contributed by atoms with van der Waals surface area (Å²) >= 11 is 0. The lowest BCUT2D eigenvalue weighted by atomic mass is 10.1. The normalized spacial score (nSPS) is 45.5. The van der Waals surface area contributed by atoms with Crippen molar-refractivity contribution in [3.05, 3.63) is 0 Å². The molecule has 0 aromatic rings. The van der Waals surface area contributed by atoms with Crippen molar-refractivity contribution >= 4 is 0 Å². The molecule has 1 fully saturated rings. The van der Waals surface area contributed by atoms with Crippen LogP contribution in [0.3, 0.4) is 0 Å². The van der Waals surface area contributed by atoms with E-state index in [4.69, 9.17) is 15.5 Å². The Kier molecular flexibility index (Phi) is 3.19. The highest BCUT2D eigenvalue weighted by Gasteiger charge is 2.54. The SMILES string of the molecule is OC[C@H]1O[C@](O)(CO)[C@@H](O)[C@@H]1OO. The van der Waals surface area contributed by atoms with E-state index in [2.05, 4.69) is 9.62 Å². The molecule has 7 nitrogen and oxygen atoms in total. The first-order valence-corrected chi connectivity index (χ1v) is 3.69. The fourth-order valence-electron chi connectivity index (χ4n) is 1.26. The summed E-state index contributed by atoms with van der Waals surface area (Å²) in [6.45, 7) is -1.41. The maximum atomic E-state index is 9.35. The van der Waals surface area contributed by atoms with Crippen molar-refractivity contribution < 1.29 is 35.3 Å². The molecule has 0 saturated carbocycles. The second-order valence-electron chi connectivity index (χ2n) is 2.86. The summed E-state index contributed by atoms with van der Waals surface area (Å²) in [4.78, 5) is 3.82. The second-order valence-corrected chi connectivity index (χ2v) is 2.86. The van der Waals surface area contributed by atoms with Crippen LogP contribution in [0.4, 0.5) is 0 Å². The number of ether oxygens (including phenoxy) is 1. The van der Waals surface area contributed by atoms with Crippen molar-refractivity contribution in [2.75, 3.05) is 13.2 Å². The molecular formula is C6H12O7. The number of hydrogen-bond donors (Lipinski definition) is 5. The summed E-state index contributed by atoms with van der Waals surface area (Å²) in [5.41, 5.74) is 0. The highest BCUT2D eigenvalue weighted by molar-refractivity contribution is 4.95. The molecule has 0 unspecified atom stereocenters. The van der Waals surface area contributed by atoms with E-state index in [0.717, 1.165) is 0 Å². The van der Waals surface area contributed by atoms with E-state index in [1.807, 2.05) is 0 Å². The molecule has 0 spiro atoms. The molecule has 0 bridgehead atoms. The molecule has 1 aliphatic rings. The van der Waals surface area contributed by atoms with Gasteiger partial charge in [-0.3, -0.25) is 5.26 Å². The summed E-state index contributed by atoms with van der Waals surface area (Å²) in [7, 11) is 0. The van der Waals surface area contributed by atoms with Gasteiger partial charge in [-0.1, -0.05) is 0 Å². The molecule has 1 heterocycles. The molecule has 7 heteroatoms. The Morgan fingerprint density at radius 3 is 2.31 bits per heavy atom. The van der Waals surface area contributed by atoms with Crippen LogP contribution in [-0.2, 0) is 9.62 Å². The van der Waals surface area contributed by atoms with Crippen LogP contribution >= 0.6 is 0 Å². The number of rotatable bonds is 3. The average molecular weight is 196 g/mol. The first kappa shape index (κ1) is 10.8.